The maximum atomic E-state index is 5.61. The average Bonchev–Trinajstić information content (AvgIpc) is 2.69. The van der Waals surface area contributed by atoms with Crippen LogP contribution < -0.4 is 11.1 Å². The summed E-state index contributed by atoms with van der Waals surface area (Å²) in [6.45, 7) is 0.798. The van der Waals surface area contributed by atoms with E-state index in [9.17, 15) is 0 Å². The molecular weight excluding hydrogens is 288 g/mol. The van der Waals surface area contributed by atoms with Crippen molar-refractivity contribution in [3.05, 3.63) is 33.1 Å². The topological polar surface area (TPSA) is 63.8 Å². The van der Waals surface area contributed by atoms with Gasteiger partial charge in [-0.1, -0.05) is 0 Å². The van der Waals surface area contributed by atoms with Gasteiger partial charge in [-0.05, 0) is 44.7 Å². The van der Waals surface area contributed by atoms with Gasteiger partial charge in [0.1, 0.15) is 10.4 Å². The first kappa shape index (κ1) is 11.3. The van der Waals surface area contributed by atoms with Crippen molar-refractivity contribution in [2.75, 3.05) is 17.6 Å². The normalized spacial score (nSPS) is 10.3. The Kier molecular flexibility index (Phi) is 3.74. The third kappa shape index (κ3) is 3.18. The predicted molar refractivity (Wildman–Crippen MR) is 70.7 cm³/mol. The summed E-state index contributed by atoms with van der Waals surface area (Å²) in [5.74, 6) is 1.02. The Bertz CT molecular complexity index is 438. The Morgan fingerprint density at radius 3 is 3.00 bits per heavy atom. The molecule has 0 aliphatic rings. The number of rotatable bonds is 4. The van der Waals surface area contributed by atoms with Crippen molar-refractivity contribution >= 4 is 39.0 Å². The molecule has 0 fully saturated rings. The number of nitrogens with one attached hydrogen (secondary N) is 1. The molecule has 0 bridgehead atoms. The van der Waals surface area contributed by atoms with Gasteiger partial charge in [0.25, 0.3) is 0 Å². The molecule has 0 spiro atoms. The van der Waals surface area contributed by atoms with Crippen molar-refractivity contribution in [3.63, 3.8) is 0 Å². The van der Waals surface area contributed by atoms with Crippen molar-refractivity contribution in [2.45, 2.75) is 6.42 Å². The van der Waals surface area contributed by atoms with E-state index in [0.717, 1.165) is 13.0 Å². The van der Waals surface area contributed by atoms with E-state index in [1.807, 2.05) is 0 Å². The lowest BCUT2D eigenvalue weighted by molar-refractivity contribution is 0.986. The molecule has 0 saturated carbocycles. The van der Waals surface area contributed by atoms with Crippen molar-refractivity contribution in [1.29, 1.82) is 0 Å². The molecular formula is C10H11BrN4S. The molecule has 4 nitrogen and oxygen atoms in total. The van der Waals surface area contributed by atoms with Gasteiger partial charge in [-0.2, -0.15) is 16.3 Å². The molecule has 2 rings (SSSR count). The second-order valence-electron chi connectivity index (χ2n) is 3.25. The molecule has 2 aromatic heterocycles. The van der Waals surface area contributed by atoms with Gasteiger partial charge in [0, 0.05) is 12.6 Å². The number of thiophene rings is 1. The number of halogens is 1. The quantitative estimate of drug-likeness (QED) is 0.852. The van der Waals surface area contributed by atoms with Crippen LogP contribution in [0.15, 0.2) is 27.5 Å². The molecule has 84 valence electrons. The zero-order valence-corrected chi connectivity index (χ0v) is 10.9. The molecule has 0 radical (unpaired) electrons. The van der Waals surface area contributed by atoms with Crippen LogP contribution >= 0.6 is 27.3 Å². The van der Waals surface area contributed by atoms with E-state index in [0.29, 0.717) is 16.4 Å². The summed E-state index contributed by atoms with van der Waals surface area (Å²) in [5.41, 5.74) is 6.93. The third-order valence-electron chi connectivity index (χ3n) is 1.99. The Hall–Kier alpha value is -1.14. The molecule has 16 heavy (non-hydrogen) atoms. The largest absolute Gasteiger partial charge is 0.383 e. The van der Waals surface area contributed by atoms with Gasteiger partial charge in [0.15, 0.2) is 0 Å². The molecule has 0 amide bonds. The Labute approximate surface area is 106 Å². The summed E-state index contributed by atoms with van der Waals surface area (Å²) in [5, 5.41) is 7.35. The Morgan fingerprint density at radius 1 is 1.44 bits per heavy atom. The highest BCUT2D eigenvalue weighted by molar-refractivity contribution is 9.10. The van der Waals surface area contributed by atoms with E-state index in [4.69, 9.17) is 5.73 Å². The molecule has 2 heterocycles. The minimum Gasteiger partial charge on any atom is -0.383 e. The van der Waals surface area contributed by atoms with E-state index in [-0.39, 0.29) is 0 Å². The predicted octanol–water partition coefficient (Wildman–Crippen LogP) is 2.54. The van der Waals surface area contributed by atoms with Gasteiger partial charge in [0.05, 0.1) is 0 Å². The van der Waals surface area contributed by atoms with Crippen molar-refractivity contribution in [2.24, 2.45) is 0 Å². The van der Waals surface area contributed by atoms with E-state index < -0.39 is 0 Å². The Balaban J connectivity index is 1.89. The smallest absolute Gasteiger partial charge is 0.225 e. The van der Waals surface area contributed by atoms with Crippen LogP contribution in [0.25, 0.3) is 0 Å². The van der Waals surface area contributed by atoms with E-state index >= 15 is 0 Å². The molecule has 0 aliphatic heterocycles. The zero-order chi connectivity index (χ0) is 11.4. The lowest BCUT2D eigenvalue weighted by Gasteiger charge is -2.04. The van der Waals surface area contributed by atoms with Crippen molar-refractivity contribution in [1.82, 2.24) is 9.97 Å². The van der Waals surface area contributed by atoms with Gasteiger partial charge in [-0.3, -0.25) is 0 Å². The van der Waals surface area contributed by atoms with E-state index in [2.05, 4.69) is 48.0 Å². The maximum absolute atomic E-state index is 5.61. The number of hydrogen-bond acceptors (Lipinski definition) is 5. The minimum absolute atomic E-state index is 0.458. The minimum atomic E-state index is 0.458. The van der Waals surface area contributed by atoms with Crippen molar-refractivity contribution < 1.29 is 0 Å². The van der Waals surface area contributed by atoms with Crippen LogP contribution in [0.3, 0.4) is 0 Å². The highest BCUT2D eigenvalue weighted by atomic mass is 79.9. The Morgan fingerprint density at radius 2 is 2.31 bits per heavy atom. The third-order valence-corrected chi connectivity index (χ3v) is 3.13. The fourth-order valence-corrected chi connectivity index (χ4v) is 2.37. The summed E-state index contributed by atoms with van der Waals surface area (Å²) in [7, 11) is 0. The van der Waals surface area contributed by atoms with Crippen molar-refractivity contribution in [3.8, 4) is 0 Å². The fraction of sp³-hybridized carbons (Fsp3) is 0.200. The van der Waals surface area contributed by atoms with E-state index in [1.54, 1.807) is 17.4 Å². The van der Waals surface area contributed by atoms with Crippen LogP contribution in [-0.4, -0.2) is 16.5 Å². The molecule has 0 saturated heterocycles. The first-order valence-corrected chi connectivity index (χ1v) is 6.52. The highest BCUT2D eigenvalue weighted by Crippen LogP contribution is 2.12. The van der Waals surface area contributed by atoms with Gasteiger partial charge < -0.3 is 11.1 Å². The van der Waals surface area contributed by atoms with Crippen LogP contribution in [0.1, 0.15) is 5.56 Å². The molecule has 0 atom stereocenters. The molecule has 2 aromatic rings. The van der Waals surface area contributed by atoms with Crippen LogP contribution in [0.2, 0.25) is 0 Å². The molecule has 0 aromatic carbocycles. The van der Waals surface area contributed by atoms with Crippen LogP contribution in [0, 0.1) is 0 Å². The molecule has 0 aliphatic carbocycles. The number of nitrogens with two attached hydrogens (primary N) is 1. The highest BCUT2D eigenvalue weighted by Gasteiger charge is 2.00. The molecule has 3 N–H and O–H groups in total. The van der Waals surface area contributed by atoms with Crippen LogP contribution in [0.4, 0.5) is 11.8 Å². The SMILES string of the molecule is Nc1cc(Br)nc(NCCc2ccsc2)n1. The summed E-state index contributed by atoms with van der Waals surface area (Å²) < 4.78 is 0.693. The number of nitrogens with zero attached hydrogens (tertiary/aromatic N) is 2. The van der Waals surface area contributed by atoms with Gasteiger partial charge in [-0.15, -0.1) is 0 Å². The molecule has 6 heteroatoms. The monoisotopic (exact) mass is 298 g/mol. The maximum Gasteiger partial charge on any atom is 0.225 e. The lowest BCUT2D eigenvalue weighted by atomic mass is 10.2. The summed E-state index contributed by atoms with van der Waals surface area (Å²) in [4.78, 5) is 8.25. The van der Waals surface area contributed by atoms with Gasteiger partial charge in [0.2, 0.25) is 5.95 Å². The number of nitrogen functional groups attached to an aromatic ring is 1. The number of aromatic nitrogens is 2. The molecule has 0 unspecified atom stereocenters. The standard InChI is InChI=1S/C10H11BrN4S/c11-8-5-9(12)15-10(14-8)13-3-1-7-2-4-16-6-7/h2,4-6H,1,3H2,(H3,12,13,14,15). The first-order valence-electron chi connectivity index (χ1n) is 4.79. The summed E-state index contributed by atoms with van der Waals surface area (Å²) >= 11 is 4.98. The lowest BCUT2D eigenvalue weighted by Crippen LogP contribution is -2.08. The zero-order valence-electron chi connectivity index (χ0n) is 8.48. The van der Waals surface area contributed by atoms with Crippen LogP contribution in [-0.2, 0) is 6.42 Å². The van der Waals surface area contributed by atoms with Gasteiger partial charge >= 0.3 is 0 Å². The summed E-state index contributed by atoms with van der Waals surface area (Å²) in [6, 6.07) is 3.78. The second kappa shape index (κ2) is 5.27. The number of anilines is 2. The summed E-state index contributed by atoms with van der Waals surface area (Å²) in [6.07, 6.45) is 0.958. The van der Waals surface area contributed by atoms with E-state index in [1.165, 1.54) is 5.56 Å². The fourth-order valence-electron chi connectivity index (χ4n) is 1.27. The first-order chi connectivity index (χ1) is 7.74. The second-order valence-corrected chi connectivity index (χ2v) is 4.84. The number of hydrogen-bond donors (Lipinski definition) is 2. The van der Waals surface area contributed by atoms with Gasteiger partial charge in [-0.25, -0.2) is 4.98 Å². The average molecular weight is 299 g/mol. The van der Waals surface area contributed by atoms with Crippen LogP contribution in [0.5, 0.6) is 0 Å².